The van der Waals surface area contributed by atoms with E-state index >= 15 is 0 Å². The highest BCUT2D eigenvalue weighted by atomic mass is 32.1. The van der Waals surface area contributed by atoms with Crippen LogP contribution in [0.25, 0.3) is 10.9 Å². The molecule has 8 rings (SSSR count). The maximum Gasteiger partial charge on any atom is 0.166 e. The topological polar surface area (TPSA) is 81.1 Å². The Hall–Kier alpha value is -2.70. The molecule has 172 valence electrons. The fourth-order valence-corrected chi connectivity index (χ4v) is 7.84. The minimum Gasteiger partial charge on any atom is -0.504 e. The number of isothiocyanates is 1. The highest BCUT2D eigenvalue weighted by Gasteiger charge is 2.72. The van der Waals surface area contributed by atoms with Gasteiger partial charge in [0, 0.05) is 35.5 Å². The third-order valence-corrected chi connectivity index (χ3v) is 9.41. The second kappa shape index (κ2) is 6.29. The number of benzene rings is 2. The van der Waals surface area contributed by atoms with Crippen molar-refractivity contribution < 1.29 is 14.9 Å². The molecule has 1 saturated carbocycles. The van der Waals surface area contributed by atoms with Gasteiger partial charge in [0.05, 0.1) is 27.6 Å². The maximum atomic E-state index is 12.8. The van der Waals surface area contributed by atoms with Crippen LogP contribution in [0.2, 0.25) is 0 Å². The van der Waals surface area contributed by atoms with E-state index in [0.717, 1.165) is 65.3 Å². The summed E-state index contributed by atoms with van der Waals surface area (Å²) in [7, 11) is 0. The van der Waals surface area contributed by atoms with Crippen LogP contribution in [0.4, 0.5) is 5.69 Å². The molecule has 1 aromatic heterocycles. The van der Waals surface area contributed by atoms with Gasteiger partial charge < -0.3 is 19.9 Å². The van der Waals surface area contributed by atoms with Crippen molar-refractivity contribution in [3.8, 4) is 11.5 Å². The molecule has 2 fully saturated rings. The zero-order chi connectivity index (χ0) is 22.8. The first-order chi connectivity index (χ1) is 16.5. The van der Waals surface area contributed by atoms with Crippen LogP contribution in [0, 0.1) is 5.92 Å². The molecule has 34 heavy (non-hydrogen) atoms. The lowest BCUT2D eigenvalue weighted by Gasteiger charge is -2.62. The molecule has 1 spiro atoms. The van der Waals surface area contributed by atoms with E-state index in [1.165, 1.54) is 18.4 Å². The molecule has 1 unspecified atom stereocenters. The first-order valence-electron chi connectivity index (χ1n) is 12.2. The number of hydrogen-bond donors (Lipinski definition) is 3. The van der Waals surface area contributed by atoms with Crippen LogP contribution in [-0.4, -0.2) is 50.0 Å². The highest BCUT2D eigenvalue weighted by molar-refractivity contribution is 7.78. The van der Waals surface area contributed by atoms with Gasteiger partial charge in [0.1, 0.15) is 0 Å². The number of hydrogen-bond acceptors (Lipinski definition) is 6. The van der Waals surface area contributed by atoms with E-state index < -0.39 is 11.0 Å². The Balaban J connectivity index is 1.40. The average Bonchev–Trinajstić information content (AvgIpc) is 3.46. The number of phenolic OH excluding ortho intramolecular Hbond substituents is 1. The molecular weight excluding hydrogens is 446 g/mol. The number of aromatic nitrogens is 1. The second-order valence-electron chi connectivity index (χ2n) is 10.9. The van der Waals surface area contributed by atoms with Crippen molar-refractivity contribution in [1.29, 1.82) is 0 Å². The summed E-state index contributed by atoms with van der Waals surface area (Å²) in [6, 6.07) is 9.79. The Bertz CT molecular complexity index is 1460. The summed E-state index contributed by atoms with van der Waals surface area (Å²) in [5.74, 6) is 1.49. The van der Waals surface area contributed by atoms with Gasteiger partial charge >= 0.3 is 0 Å². The Morgan fingerprint density at radius 1 is 1.26 bits per heavy atom. The number of nitrogens with one attached hydrogen (secondary N) is 1. The van der Waals surface area contributed by atoms with E-state index in [1.807, 2.05) is 24.3 Å². The molecule has 3 aromatic rings. The van der Waals surface area contributed by atoms with Crippen LogP contribution in [0.1, 0.15) is 47.8 Å². The number of aliphatic imine (C=N–C) groups is 1. The number of rotatable bonds is 3. The van der Waals surface area contributed by atoms with E-state index in [0.29, 0.717) is 12.2 Å². The van der Waals surface area contributed by atoms with Crippen molar-refractivity contribution in [2.24, 2.45) is 10.9 Å². The predicted molar refractivity (Wildman–Crippen MR) is 131 cm³/mol. The van der Waals surface area contributed by atoms with Gasteiger partial charge in [0.25, 0.3) is 0 Å². The third kappa shape index (κ3) is 2.20. The third-order valence-electron chi connectivity index (χ3n) is 9.32. The van der Waals surface area contributed by atoms with Gasteiger partial charge in [-0.3, -0.25) is 4.90 Å². The average molecular weight is 472 g/mol. The smallest absolute Gasteiger partial charge is 0.166 e. The Morgan fingerprint density at radius 2 is 2.15 bits per heavy atom. The molecule has 2 aromatic carbocycles. The molecule has 3 N–H and O–H groups in total. The van der Waals surface area contributed by atoms with Crippen LogP contribution in [0.5, 0.6) is 11.5 Å². The van der Waals surface area contributed by atoms with E-state index in [9.17, 15) is 10.2 Å². The van der Waals surface area contributed by atoms with Crippen molar-refractivity contribution >= 4 is 34.0 Å². The van der Waals surface area contributed by atoms with Crippen molar-refractivity contribution in [3.63, 3.8) is 0 Å². The minimum absolute atomic E-state index is 0.0243. The molecule has 2 aliphatic heterocycles. The van der Waals surface area contributed by atoms with Gasteiger partial charge in [0.2, 0.25) is 0 Å². The zero-order valence-electron chi connectivity index (χ0n) is 18.7. The largest absolute Gasteiger partial charge is 0.504 e. The monoisotopic (exact) mass is 471 g/mol. The van der Waals surface area contributed by atoms with Crippen LogP contribution >= 0.6 is 12.2 Å². The lowest BCUT2D eigenvalue weighted by Crippen LogP contribution is -2.74. The Labute approximate surface area is 202 Å². The zero-order valence-corrected chi connectivity index (χ0v) is 19.5. The molecule has 2 bridgehead atoms. The number of ether oxygens (including phenoxy) is 1. The number of phenols is 1. The summed E-state index contributed by atoms with van der Waals surface area (Å²) in [6.07, 6.45) is 4.37. The van der Waals surface area contributed by atoms with Gasteiger partial charge in [-0.1, -0.05) is 6.07 Å². The summed E-state index contributed by atoms with van der Waals surface area (Å²) in [4.78, 5) is 10.4. The number of piperidine rings is 1. The lowest BCUT2D eigenvalue weighted by molar-refractivity contribution is -0.173. The van der Waals surface area contributed by atoms with Crippen LogP contribution in [-0.2, 0) is 18.3 Å². The quantitative estimate of drug-likeness (QED) is 0.392. The number of nitrogens with zero attached hydrogens (tertiary/aromatic N) is 2. The van der Waals surface area contributed by atoms with Gasteiger partial charge in [-0.2, -0.15) is 4.99 Å². The number of fused-ring (bicyclic) bond motifs is 4. The molecule has 7 heteroatoms. The van der Waals surface area contributed by atoms with E-state index in [4.69, 9.17) is 17.0 Å². The number of aromatic hydroxyl groups is 1. The van der Waals surface area contributed by atoms with Crippen molar-refractivity contribution in [2.45, 2.75) is 55.3 Å². The molecule has 3 heterocycles. The summed E-state index contributed by atoms with van der Waals surface area (Å²) >= 11 is 4.82. The fourth-order valence-electron chi connectivity index (χ4n) is 7.73. The van der Waals surface area contributed by atoms with Crippen molar-refractivity contribution in [2.75, 3.05) is 13.1 Å². The van der Waals surface area contributed by atoms with Crippen LogP contribution in [0.3, 0.4) is 0 Å². The molecule has 1 saturated heterocycles. The first kappa shape index (κ1) is 19.6. The maximum absolute atomic E-state index is 12.8. The van der Waals surface area contributed by atoms with Gasteiger partial charge in [-0.25, -0.2) is 0 Å². The van der Waals surface area contributed by atoms with E-state index in [2.05, 4.69) is 20.0 Å². The minimum atomic E-state index is -0.984. The van der Waals surface area contributed by atoms with E-state index in [1.54, 1.807) is 6.07 Å². The molecule has 0 radical (unpaired) electrons. The molecule has 4 atom stereocenters. The number of aliphatic hydroxyl groups is 1. The predicted octanol–water partition coefficient (Wildman–Crippen LogP) is 4.31. The number of aromatic amines is 1. The summed E-state index contributed by atoms with van der Waals surface area (Å²) in [5, 5.41) is 27.1. The summed E-state index contributed by atoms with van der Waals surface area (Å²) in [5.41, 5.74) is 4.56. The van der Waals surface area contributed by atoms with Crippen LogP contribution in [0.15, 0.2) is 35.3 Å². The van der Waals surface area contributed by atoms with Crippen LogP contribution < -0.4 is 4.74 Å². The van der Waals surface area contributed by atoms with Gasteiger partial charge in [0.15, 0.2) is 17.6 Å². The number of likely N-dealkylation sites (tertiary alicyclic amines) is 1. The molecule has 0 amide bonds. The first-order valence-corrected chi connectivity index (χ1v) is 12.6. The summed E-state index contributed by atoms with van der Waals surface area (Å²) < 4.78 is 6.62. The second-order valence-corrected chi connectivity index (χ2v) is 11.1. The van der Waals surface area contributed by atoms with E-state index in [-0.39, 0.29) is 17.9 Å². The lowest BCUT2D eigenvalue weighted by atomic mass is 9.49. The van der Waals surface area contributed by atoms with Gasteiger partial charge in [-0.05, 0) is 85.8 Å². The fraction of sp³-hybridized carbons (Fsp3) is 0.444. The number of H-pyrrole nitrogens is 1. The summed E-state index contributed by atoms with van der Waals surface area (Å²) in [6.45, 7) is 2.00. The van der Waals surface area contributed by atoms with Gasteiger partial charge in [-0.15, -0.1) is 0 Å². The van der Waals surface area contributed by atoms with Crippen molar-refractivity contribution in [1.82, 2.24) is 9.88 Å². The molecule has 3 aliphatic carbocycles. The molecular formula is C27H25N3O3S. The van der Waals surface area contributed by atoms with Crippen molar-refractivity contribution in [3.05, 3.63) is 52.7 Å². The SMILES string of the molecule is Oc1ccc2c3c1O[C@H]1c4[nH]c5ccc(N=C=S)cc5c4C[C@@]4(O)C(C2)N(CC2CC2)CC[C@]314. The Kier molecular flexibility index (Phi) is 3.63. The molecule has 5 aliphatic rings. The highest BCUT2D eigenvalue weighted by Crippen LogP contribution is 2.69. The Morgan fingerprint density at radius 3 is 2.97 bits per heavy atom. The molecule has 6 nitrogen and oxygen atoms in total. The normalized spacial score (nSPS) is 32.6. The number of thiocarbonyl (C=S) groups is 1. The standard InChI is InChI=1S/C27H25N3O3S/c31-20-6-3-15-9-21-27(32)11-18-17-10-16(28-13-34)4-5-19(17)29-23(18)25-26(27,22(15)24(20)33-25)7-8-30(21)12-14-1-2-14/h3-6,10,14,21,25,29,31-32H,1-2,7-9,11-12H2/t21?,25-,26-,27+/m0/s1.